The molecular formula is C21H29ClN4O. The van der Waals surface area contributed by atoms with Gasteiger partial charge in [-0.05, 0) is 68.8 Å². The van der Waals surface area contributed by atoms with E-state index in [1.165, 1.54) is 31.5 Å². The second kappa shape index (κ2) is 9.96. The zero-order valence-electron chi connectivity index (χ0n) is 15.9. The molecule has 1 amide bonds. The Morgan fingerprint density at radius 2 is 1.78 bits per heavy atom. The van der Waals surface area contributed by atoms with Gasteiger partial charge in [-0.3, -0.25) is 9.69 Å². The van der Waals surface area contributed by atoms with Gasteiger partial charge in [0, 0.05) is 42.9 Å². The Morgan fingerprint density at radius 1 is 1.11 bits per heavy atom. The Morgan fingerprint density at radius 3 is 2.41 bits per heavy atom. The molecule has 0 aromatic heterocycles. The molecule has 27 heavy (non-hydrogen) atoms. The number of halogens is 1. The smallest absolute Gasteiger partial charge is 0.234 e. The summed E-state index contributed by atoms with van der Waals surface area (Å²) in [7, 11) is 0. The molecule has 1 N–H and O–H groups in total. The molecule has 1 aromatic rings. The Hall–Kier alpha value is -1.77. The van der Waals surface area contributed by atoms with Gasteiger partial charge in [-0.1, -0.05) is 11.6 Å². The molecule has 146 valence electrons. The second-order valence-electron chi connectivity index (χ2n) is 7.71. The van der Waals surface area contributed by atoms with E-state index in [1.807, 2.05) is 18.2 Å². The van der Waals surface area contributed by atoms with Crippen molar-refractivity contribution in [2.45, 2.75) is 44.6 Å². The Bertz CT molecular complexity index is 641. The number of carbonyl (C=O) groups excluding carboxylic acids is 1. The van der Waals surface area contributed by atoms with Crippen molar-refractivity contribution in [1.82, 2.24) is 10.2 Å². The summed E-state index contributed by atoms with van der Waals surface area (Å²) in [4.78, 5) is 16.5. The number of nitrogens with zero attached hydrogens (tertiary/aromatic N) is 3. The van der Waals surface area contributed by atoms with E-state index in [0.717, 1.165) is 50.0 Å². The Kier molecular flexibility index (Phi) is 7.37. The first-order valence-electron chi connectivity index (χ1n) is 10.0. The van der Waals surface area contributed by atoms with Crippen LogP contribution < -0.4 is 10.2 Å². The fraction of sp³-hybridized carbons (Fsp3) is 0.619. The summed E-state index contributed by atoms with van der Waals surface area (Å²) >= 11 is 5.98. The standard InChI is InChI=1S/C21H29ClN4O/c22-18-3-7-20(8-4-18)26-15-13-25(14-16-26)12-10-17-1-5-19(6-2-17)24-21(27)9-11-23/h3-4,7-8,17,19H,1-2,5-6,9-10,12-16H2,(H,24,27). The largest absolute Gasteiger partial charge is 0.369 e. The van der Waals surface area contributed by atoms with E-state index in [4.69, 9.17) is 16.9 Å². The second-order valence-corrected chi connectivity index (χ2v) is 8.15. The number of benzene rings is 1. The van der Waals surface area contributed by atoms with Crippen LogP contribution in [0.5, 0.6) is 0 Å². The summed E-state index contributed by atoms with van der Waals surface area (Å²) in [6, 6.07) is 10.3. The molecule has 2 fully saturated rings. The predicted molar refractivity (Wildman–Crippen MR) is 109 cm³/mol. The van der Waals surface area contributed by atoms with Crippen molar-refractivity contribution in [2.75, 3.05) is 37.6 Å². The molecule has 3 rings (SSSR count). The molecule has 6 heteroatoms. The van der Waals surface area contributed by atoms with E-state index in [9.17, 15) is 4.79 Å². The maximum absolute atomic E-state index is 11.5. The normalized spacial score (nSPS) is 23.6. The minimum Gasteiger partial charge on any atom is -0.369 e. The number of nitrogens with one attached hydrogen (secondary N) is 1. The molecule has 1 aliphatic carbocycles. The first-order valence-corrected chi connectivity index (χ1v) is 10.4. The van der Waals surface area contributed by atoms with Gasteiger partial charge >= 0.3 is 0 Å². The van der Waals surface area contributed by atoms with Crippen LogP contribution in [0.4, 0.5) is 5.69 Å². The first kappa shape index (κ1) is 20.0. The lowest BCUT2D eigenvalue weighted by molar-refractivity contribution is -0.121. The molecule has 0 bridgehead atoms. The van der Waals surface area contributed by atoms with E-state index in [1.54, 1.807) is 0 Å². The number of anilines is 1. The van der Waals surface area contributed by atoms with Gasteiger partial charge in [0.25, 0.3) is 0 Å². The zero-order chi connectivity index (χ0) is 19.1. The molecule has 0 radical (unpaired) electrons. The summed E-state index contributed by atoms with van der Waals surface area (Å²) in [6.45, 7) is 5.54. The topological polar surface area (TPSA) is 59.4 Å². The highest BCUT2D eigenvalue weighted by molar-refractivity contribution is 6.30. The van der Waals surface area contributed by atoms with Crippen LogP contribution in [0.3, 0.4) is 0 Å². The van der Waals surface area contributed by atoms with Crippen molar-refractivity contribution < 1.29 is 4.79 Å². The minimum absolute atomic E-state index is 0.0259. The van der Waals surface area contributed by atoms with Crippen molar-refractivity contribution in [3.05, 3.63) is 29.3 Å². The van der Waals surface area contributed by atoms with Crippen LogP contribution in [-0.4, -0.2) is 49.6 Å². The van der Waals surface area contributed by atoms with Crippen LogP contribution in [0.1, 0.15) is 38.5 Å². The summed E-state index contributed by atoms with van der Waals surface area (Å²) < 4.78 is 0. The van der Waals surface area contributed by atoms with E-state index < -0.39 is 0 Å². The summed E-state index contributed by atoms with van der Waals surface area (Å²) in [6.07, 6.45) is 5.69. The lowest BCUT2D eigenvalue weighted by atomic mass is 9.84. The average Bonchev–Trinajstić information content (AvgIpc) is 2.69. The van der Waals surface area contributed by atoms with E-state index in [0.29, 0.717) is 0 Å². The molecule has 1 saturated carbocycles. The van der Waals surface area contributed by atoms with Gasteiger partial charge in [0.2, 0.25) is 5.91 Å². The fourth-order valence-corrected chi connectivity index (χ4v) is 4.32. The van der Waals surface area contributed by atoms with E-state index in [-0.39, 0.29) is 18.4 Å². The van der Waals surface area contributed by atoms with Gasteiger partial charge < -0.3 is 10.2 Å². The van der Waals surface area contributed by atoms with Crippen LogP contribution >= 0.6 is 11.6 Å². The molecule has 2 aliphatic rings. The molecule has 1 heterocycles. The van der Waals surface area contributed by atoms with Gasteiger partial charge in [-0.25, -0.2) is 0 Å². The van der Waals surface area contributed by atoms with Crippen LogP contribution in [0.2, 0.25) is 5.02 Å². The van der Waals surface area contributed by atoms with E-state index in [2.05, 4.69) is 27.2 Å². The van der Waals surface area contributed by atoms with Crippen LogP contribution in [-0.2, 0) is 4.79 Å². The molecule has 1 saturated heterocycles. The molecule has 1 aliphatic heterocycles. The van der Waals surface area contributed by atoms with Gasteiger partial charge in [-0.2, -0.15) is 5.26 Å². The Balaban J connectivity index is 1.32. The quantitative estimate of drug-likeness (QED) is 0.810. The first-order chi connectivity index (χ1) is 13.1. The summed E-state index contributed by atoms with van der Waals surface area (Å²) in [5.41, 5.74) is 1.26. The maximum Gasteiger partial charge on any atom is 0.234 e. The van der Waals surface area contributed by atoms with Crippen molar-refractivity contribution in [1.29, 1.82) is 5.26 Å². The monoisotopic (exact) mass is 388 g/mol. The zero-order valence-corrected chi connectivity index (χ0v) is 16.6. The molecule has 0 spiro atoms. The average molecular weight is 389 g/mol. The number of rotatable bonds is 6. The van der Waals surface area contributed by atoms with Crippen molar-refractivity contribution in [3.63, 3.8) is 0 Å². The third-order valence-corrected chi connectivity index (χ3v) is 6.12. The molecule has 0 atom stereocenters. The van der Waals surface area contributed by atoms with Crippen molar-refractivity contribution >= 4 is 23.2 Å². The van der Waals surface area contributed by atoms with Crippen molar-refractivity contribution in [3.8, 4) is 6.07 Å². The predicted octanol–water partition coefficient (Wildman–Crippen LogP) is 3.44. The fourth-order valence-electron chi connectivity index (χ4n) is 4.19. The van der Waals surface area contributed by atoms with Crippen molar-refractivity contribution in [2.24, 2.45) is 5.92 Å². The van der Waals surface area contributed by atoms with Crippen LogP contribution in [0.15, 0.2) is 24.3 Å². The van der Waals surface area contributed by atoms with Crippen LogP contribution in [0.25, 0.3) is 0 Å². The minimum atomic E-state index is -0.125. The number of piperazine rings is 1. The number of nitriles is 1. The third-order valence-electron chi connectivity index (χ3n) is 5.87. The number of hydrogen-bond donors (Lipinski definition) is 1. The third kappa shape index (κ3) is 6.12. The lowest BCUT2D eigenvalue weighted by Crippen LogP contribution is -2.47. The van der Waals surface area contributed by atoms with Gasteiger partial charge in [-0.15, -0.1) is 0 Å². The Labute approximate surface area is 167 Å². The lowest BCUT2D eigenvalue weighted by Gasteiger charge is -2.37. The number of hydrogen-bond acceptors (Lipinski definition) is 4. The highest BCUT2D eigenvalue weighted by atomic mass is 35.5. The molecule has 5 nitrogen and oxygen atoms in total. The molecule has 0 unspecified atom stereocenters. The molecule has 1 aromatic carbocycles. The number of amides is 1. The SMILES string of the molecule is N#CCC(=O)NC1CCC(CCN2CCN(c3ccc(Cl)cc3)CC2)CC1. The number of carbonyl (C=O) groups is 1. The summed E-state index contributed by atoms with van der Waals surface area (Å²) in [5, 5.41) is 12.3. The van der Waals surface area contributed by atoms with Crippen LogP contribution in [0, 0.1) is 17.2 Å². The van der Waals surface area contributed by atoms with Gasteiger partial charge in [0.15, 0.2) is 0 Å². The van der Waals surface area contributed by atoms with Gasteiger partial charge in [0.1, 0.15) is 6.42 Å². The highest BCUT2D eigenvalue weighted by Crippen LogP contribution is 2.27. The van der Waals surface area contributed by atoms with Gasteiger partial charge in [0.05, 0.1) is 6.07 Å². The summed E-state index contributed by atoms with van der Waals surface area (Å²) in [5.74, 6) is 0.642. The van der Waals surface area contributed by atoms with E-state index >= 15 is 0 Å². The molecular weight excluding hydrogens is 360 g/mol. The highest BCUT2D eigenvalue weighted by Gasteiger charge is 2.24. The maximum atomic E-state index is 11.5.